The Kier molecular flexibility index (Phi) is 6.81. The van der Waals surface area contributed by atoms with Crippen molar-refractivity contribution in [1.82, 2.24) is 9.78 Å². The lowest BCUT2D eigenvalue weighted by molar-refractivity contribution is 0.0997. The molecular weight excluding hydrogens is 302 g/mol. The van der Waals surface area contributed by atoms with Crippen molar-refractivity contribution < 1.29 is 9.84 Å². The van der Waals surface area contributed by atoms with Crippen LogP contribution in [0.15, 0.2) is 11.0 Å². The molecule has 1 aromatic heterocycles. The fourth-order valence-corrected chi connectivity index (χ4v) is 2.51. The molecule has 1 atom stereocenters. The smallest absolute Gasteiger partial charge is 0.287 e. The minimum absolute atomic E-state index is 0.0658. The van der Waals surface area contributed by atoms with Gasteiger partial charge in [-0.25, -0.2) is 4.68 Å². The molecule has 0 aromatic carbocycles. The Balaban J connectivity index is 2.78. The van der Waals surface area contributed by atoms with E-state index in [1.807, 2.05) is 6.26 Å². The fourth-order valence-electron chi connectivity index (χ4n) is 1.57. The highest BCUT2D eigenvalue weighted by Crippen LogP contribution is 2.18. The summed E-state index contributed by atoms with van der Waals surface area (Å²) < 4.78 is 6.14. The monoisotopic (exact) mass is 321 g/mol. The summed E-state index contributed by atoms with van der Waals surface area (Å²) >= 11 is 7.56. The van der Waals surface area contributed by atoms with E-state index in [-0.39, 0.29) is 17.1 Å². The van der Waals surface area contributed by atoms with E-state index < -0.39 is 5.60 Å². The molecule has 0 aliphatic rings. The summed E-state index contributed by atoms with van der Waals surface area (Å²) in [4.78, 5) is 12.0. The molecule has 0 aliphatic carbocycles. The second-order valence-electron chi connectivity index (χ2n) is 4.68. The lowest BCUT2D eigenvalue weighted by Crippen LogP contribution is -2.36. The second kappa shape index (κ2) is 7.87. The average Bonchev–Trinajstić information content (AvgIpc) is 2.39. The van der Waals surface area contributed by atoms with E-state index in [1.165, 1.54) is 10.9 Å². The van der Waals surface area contributed by atoms with Gasteiger partial charge in [-0.3, -0.25) is 4.79 Å². The maximum absolute atomic E-state index is 12.0. The third-order valence-electron chi connectivity index (χ3n) is 2.61. The van der Waals surface area contributed by atoms with Crippen LogP contribution in [-0.2, 0) is 11.3 Å². The molecule has 1 rings (SSSR count). The van der Waals surface area contributed by atoms with Crippen molar-refractivity contribution in [1.29, 1.82) is 0 Å². The molecule has 8 heteroatoms. The molecule has 0 fully saturated rings. The first-order chi connectivity index (χ1) is 9.41. The van der Waals surface area contributed by atoms with Crippen molar-refractivity contribution in [3.63, 3.8) is 0 Å². The number of aliphatic hydroxyl groups is 1. The molecule has 1 aromatic rings. The first-order valence-electron chi connectivity index (χ1n) is 6.11. The zero-order valence-electron chi connectivity index (χ0n) is 11.9. The van der Waals surface area contributed by atoms with Crippen molar-refractivity contribution >= 4 is 29.1 Å². The van der Waals surface area contributed by atoms with E-state index >= 15 is 0 Å². The Morgan fingerprint density at radius 2 is 2.35 bits per heavy atom. The number of hydrogen-bond donors (Lipinski definition) is 2. The first kappa shape index (κ1) is 17.3. The van der Waals surface area contributed by atoms with Gasteiger partial charge < -0.3 is 15.2 Å². The standard InChI is InChI=1S/C12H20ClN3O3S/c1-12(18,8-20-3)7-14-9-6-15-16(4-5-19-2)11(17)10(9)13/h6,14,18H,4-5,7-8H2,1-3H3. The second-order valence-corrected chi connectivity index (χ2v) is 5.92. The van der Waals surface area contributed by atoms with Crippen LogP contribution < -0.4 is 10.9 Å². The van der Waals surface area contributed by atoms with Crippen LogP contribution in [0, 0.1) is 0 Å². The van der Waals surface area contributed by atoms with Crippen molar-refractivity contribution in [3.8, 4) is 0 Å². The highest BCUT2D eigenvalue weighted by Gasteiger charge is 2.20. The molecule has 2 N–H and O–H groups in total. The number of hydrogen-bond acceptors (Lipinski definition) is 6. The number of aromatic nitrogens is 2. The largest absolute Gasteiger partial charge is 0.387 e. The van der Waals surface area contributed by atoms with Gasteiger partial charge in [-0.2, -0.15) is 16.9 Å². The minimum atomic E-state index is -0.881. The third-order valence-corrected chi connectivity index (χ3v) is 3.88. The maximum atomic E-state index is 12.0. The first-order valence-corrected chi connectivity index (χ1v) is 7.88. The molecule has 20 heavy (non-hydrogen) atoms. The van der Waals surface area contributed by atoms with E-state index in [9.17, 15) is 9.90 Å². The summed E-state index contributed by atoms with van der Waals surface area (Å²) in [5.41, 5.74) is -0.835. The molecular formula is C12H20ClN3O3S. The predicted octanol–water partition coefficient (Wildman–Crippen LogP) is 1.07. The normalized spacial score (nSPS) is 14.1. The van der Waals surface area contributed by atoms with Gasteiger partial charge in [-0.1, -0.05) is 11.6 Å². The van der Waals surface area contributed by atoms with Crippen LogP contribution in [-0.4, -0.2) is 52.8 Å². The summed E-state index contributed by atoms with van der Waals surface area (Å²) in [5.74, 6) is 0.579. The van der Waals surface area contributed by atoms with Gasteiger partial charge in [0.2, 0.25) is 0 Å². The summed E-state index contributed by atoms with van der Waals surface area (Å²) in [6.45, 7) is 2.74. The molecule has 0 aliphatic heterocycles. The number of halogens is 1. The molecule has 0 saturated heterocycles. The van der Waals surface area contributed by atoms with E-state index in [4.69, 9.17) is 16.3 Å². The van der Waals surface area contributed by atoms with E-state index in [2.05, 4.69) is 10.4 Å². The van der Waals surface area contributed by atoms with Crippen LogP contribution in [0.4, 0.5) is 5.69 Å². The lowest BCUT2D eigenvalue weighted by atomic mass is 10.1. The van der Waals surface area contributed by atoms with E-state index in [0.717, 1.165) is 0 Å². The van der Waals surface area contributed by atoms with Gasteiger partial charge >= 0.3 is 0 Å². The van der Waals surface area contributed by atoms with Gasteiger partial charge in [0.1, 0.15) is 5.02 Å². The quantitative estimate of drug-likeness (QED) is 0.746. The van der Waals surface area contributed by atoms with Crippen LogP contribution in [0.5, 0.6) is 0 Å². The molecule has 0 bridgehead atoms. The number of thioether (sulfide) groups is 1. The summed E-state index contributed by atoms with van der Waals surface area (Å²) in [6.07, 6.45) is 3.40. The maximum Gasteiger partial charge on any atom is 0.287 e. The molecule has 114 valence electrons. The molecule has 0 amide bonds. The minimum Gasteiger partial charge on any atom is -0.387 e. The van der Waals surface area contributed by atoms with Crippen molar-refractivity contribution in [2.75, 3.05) is 37.6 Å². The summed E-state index contributed by atoms with van der Waals surface area (Å²) in [7, 11) is 1.55. The Hall–Kier alpha value is -0.760. The summed E-state index contributed by atoms with van der Waals surface area (Å²) in [6, 6.07) is 0. The zero-order chi connectivity index (χ0) is 15.2. The molecule has 1 heterocycles. The van der Waals surface area contributed by atoms with Gasteiger partial charge in [0.15, 0.2) is 0 Å². The Morgan fingerprint density at radius 1 is 1.65 bits per heavy atom. The van der Waals surface area contributed by atoms with Crippen LogP contribution in [0.2, 0.25) is 5.02 Å². The molecule has 0 saturated carbocycles. The molecule has 0 radical (unpaired) electrons. The Labute approximate surface area is 127 Å². The van der Waals surface area contributed by atoms with Crippen LogP contribution in [0.3, 0.4) is 0 Å². The van der Waals surface area contributed by atoms with Crippen LogP contribution >= 0.6 is 23.4 Å². The van der Waals surface area contributed by atoms with Gasteiger partial charge in [-0.05, 0) is 13.2 Å². The van der Waals surface area contributed by atoms with E-state index in [1.54, 1.807) is 25.8 Å². The number of ether oxygens (including phenoxy) is 1. The lowest BCUT2D eigenvalue weighted by Gasteiger charge is -2.23. The average molecular weight is 322 g/mol. The van der Waals surface area contributed by atoms with Crippen molar-refractivity contribution in [3.05, 3.63) is 21.6 Å². The van der Waals surface area contributed by atoms with Gasteiger partial charge in [0.25, 0.3) is 5.56 Å². The zero-order valence-corrected chi connectivity index (χ0v) is 13.4. The highest BCUT2D eigenvalue weighted by molar-refractivity contribution is 7.98. The summed E-state index contributed by atoms with van der Waals surface area (Å²) in [5, 5.41) is 17.1. The van der Waals surface area contributed by atoms with Gasteiger partial charge in [0, 0.05) is 19.4 Å². The van der Waals surface area contributed by atoms with E-state index in [0.29, 0.717) is 24.6 Å². The molecule has 6 nitrogen and oxygen atoms in total. The highest BCUT2D eigenvalue weighted by atomic mass is 35.5. The van der Waals surface area contributed by atoms with Crippen LogP contribution in [0.1, 0.15) is 6.92 Å². The van der Waals surface area contributed by atoms with Crippen molar-refractivity contribution in [2.45, 2.75) is 19.1 Å². The number of rotatable bonds is 8. The van der Waals surface area contributed by atoms with Crippen molar-refractivity contribution in [2.24, 2.45) is 0 Å². The number of nitrogens with zero attached hydrogens (tertiary/aromatic N) is 2. The molecule has 1 unspecified atom stereocenters. The topological polar surface area (TPSA) is 76.4 Å². The number of methoxy groups -OCH3 is 1. The number of nitrogens with one attached hydrogen (secondary N) is 1. The van der Waals surface area contributed by atoms with Gasteiger partial charge in [-0.15, -0.1) is 0 Å². The third kappa shape index (κ3) is 4.97. The van der Waals surface area contributed by atoms with Crippen LogP contribution in [0.25, 0.3) is 0 Å². The Morgan fingerprint density at radius 3 is 2.95 bits per heavy atom. The van der Waals surface area contributed by atoms with Gasteiger partial charge in [0.05, 0.1) is 30.6 Å². The fraction of sp³-hybridized carbons (Fsp3) is 0.667. The Bertz CT molecular complexity index is 493. The SMILES string of the molecule is COCCn1ncc(NCC(C)(O)CSC)c(Cl)c1=O. The predicted molar refractivity (Wildman–Crippen MR) is 82.9 cm³/mol. The number of anilines is 1. The molecule has 0 spiro atoms.